The summed E-state index contributed by atoms with van der Waals surface area (Å²) in [5.74, 6) is -0.932. The fourth-order valence-electron chi connectivity index (χ4n) is 3.68. The van der Waals surface area contributed by atoms with Crippen LogP contribution in [0.3, 0.4) is 0 Å². The van der Waals surface area contributed by atoms with E-state index in [2.05, 4.69) is 26.6 Å². The number of halogens is 1. The summed E-state index contributed by atoms with van der Waals surface area (Å²) in [6.45, 7) is 7.97. The van der Waals surface area contributed by atoms with Crippen molar-refractivity contribution in [3.8, 4) is 0 Å². The molecule has 0 spiro atoms. The van der Waals surface area contributed by atoms with E-state index in [4.69, 9.17) is 9.47 Å². The normalized spacial score (nSPS) is 10.9. The molecule has 0 aliphatic rings. The maximum absolute atomic E-state index is 13.3. The lowest BCUT2D eigenvalue weighted by atomic mass is 10.1. The van der Waals surface area contributed by atoms with E-state index < -0.39 is 17.7 Å². The van der Waals surface area contributed by atoms with Gasteiger partial charge in [-0.15, -0.1) is 0 Å². The molecular weight excluding hydrogens is 562 g/mol. The fraction of sp³-hybridized carbons (Fsp3) is 0.300. The summed E-state index contributed by atoms with van der Waals surface area (Å²) in [6.07, 6.45) is -0.838. The van der Waals surface area contributed by atoms with Gasteiger partial charge in [0.1, 0.15) is 12.0 Å². The van der Waals surface area contributed by atoms with E-state index >= 15 is 0 Å². The second kappa shape index (κ2) is 13.8. The Hall–Kier alpha value is -3.85. The second-order valence-electron chi connectivity index (χ2n) is 9.78. The third-order valence-electron chi connectivity index (χ3n) is 5.42. The molecular formula is C30H34BrN3O5. The number of carbonyl (C=O) groups is 3. The Morgan fingerprint density at radius 2 is 1.54 bits per heavy atom. The van der Waals surface area contributed by atoms with Gasteiger partial charge in [0.15, 0.2) is 0 Å². The van der Waals surface area contributed by atoms with Crippen molar-refractivity contribution in [2.75, 3.05) is 16.8 Å². The number of carbonyl (C=O) groups excluding carboxylic acids is 3. The highest BCUT2D eigenvalue weighted by Gasteiger charge is 2.22. The molecule has 0 bridgehead atoms. The Kier molecular flexibility index (Phi) is 10.5. The van der Waals surface area contributed by atoms with E-state index in [1.165, 1.54) is 0 Å². The first kappa shape index (κ1) is 29.7. The molecule has 0 aliphatic carbocycles. The zero-order chi connectivity index (χ0) is 28.4. The van der Waals surface area contributed by atoms with Crippen LogP contribution in [0.5, 0.6) is 0 Å². The molecule has 2 amide bonds. The van der Waals surface area contributed by atoms with Gasteiger partial charge in [0.2, 0.25) is 5.91 Å². The lowest BCUT2D eigenvalue weighted by molar-refractivity contribution is -0.145. The van der Waals surface area contributed by atoms with E-state index in [1.807, 2.05) is 93.6 Å². The molecule has 0 heterocycles. The van der Waals surface area contributed by atoms with Gasteiger partial charge in [0.25, 0.3) is 0 Å². The third kappa shape index (κ3) is 9.76. The predicted octanol–water partition coefficient (Wildman–Crippen LogP) is 6.70. The van der Waals surface area contributed by atoms with Gasteiger partial charge in [-0.1, -0.05) is 52.3 Å². The first-order valence-corrected chi connectivity index (χ1v) is 13.5. The van der Waals surface area contributed by atoms with Crippen molar-refractivity contribution in [3.63, 3.8) is 0 Å². The molecule has 3 aromatic carbocycles. The van der Waals surface area contributed by atoms with Gasteiger partial charge in [-0.3, -0.25) is 9.59 Å². The van der Waals surface area contributed by atoms with E-state index in [0.29, 0.717) is 17.9 Å². The molecule has 0 unspecified atom stereocenters. The van der Waals surface area contributed by atoms with Gasteiger partial charge in [-0.25, -0.2) is 4.79 Å². The van der Waals surface area contributed by atoms with Gasteiger partial charge in [0.05, 0.1) is 24.5 Å². The van der Waals surface area contributed by atoms with E-state index in [-0.39, 0.29) is 25.5 Å². The number of ether oxygens (including phenoxy) is 2. The van der Waals surface area contributed by atoms with Crippen LogP contribution in [0, 0.1) is 0 Å². The average molecular weight is 597 g/mol. The Labute approximate surface area is 237 Å². The largest absolute Gasteiger partial charge is 0.466 e. The standard InChI is InChI=1S/C30H34BrN3O5/c1-5-38-28(36)18-27(35)34(20-22-10-14-23(31)15-11-22)26-9-7-6-8-25(26)33-24-16-12-21(13-17-24)19-32-29(37)39-30(2,3)4/h6-17,33H,5,18-20H2,1-4H3,(H,32,37). The van der Waals surface area contributed by atoms with Crippen molar-refractivity contribution in [3.05, 3.63) is 88.4 Å². The number of hydrogen-bond donors (Lipinski definition) is 2. The maximum Gasteiger partial charge on any atom is 0.407 e. The molecule has 0 saturated heterocycles. The summed E-state index contributed by atoms with van der Waals surface area (Å²) in [5, 5.41) is 6.12. The Balaban J connectivity index is 1.79. The smallest absolute Gasteiger partial charge is 0.407 e. The molecule has 206 valence electrons. The van der Waals surface area contributed by atoms with Crippen molar-refractivity contribution in [1.29, 1.82) is 0 Å². The Morgan fingerprint density at radius 1 is 0.897 bits per heavy atom. The Morgan fingerprint density at radius 3 is 2.18 bits per heavy atom. The van der Waals surface area contributed by atoms with Crippen LogP contribution in [0.15, 0.2) is 77.3 Å². The first-order valence-electron chi connectivity index (χ1n) is 12.7. The minimum atomic E-state index is -0.565. The quantitative estimate of drug-likeness (QED) is 0.200. The second-order valence-corrected chi connectivity index (χ2v) is 10.7. The van der Waals surface area contributed by atoms with Crippen LogP contribution in [0.25, 0.3) is 0 Å². The van der Waals surface area contributed by atoms with Crippen LogP contribution < -0.4 is 15.5 Å². The van der Waals surface area contributed by atoms with Gasteiger partial charge >= 0.3 is 12.1 Å². The summed E-state index contributed by atoms with van der Waals surface area (Å²) < 4.78 is 11.2. The van der Waals surface area contributed by atoms with Crippen LogP contribution in [0.1, 0.15) is 45.2 Å². The van der Waals surface area contributed by atoms with Gasteiger partial charge in [0, 0.05) is 16.7 Å². The molecule has 0 aromatic heterocycles. The van der Waals surface area contributed by atoms with Crippen molar-refractivity contribution >= 4 is 51.0 Å². The SMILES string of the molecule is CCOC(=O)CC(=O)N(Cc1ccc(Br)cc1)c1ccccc1Nc1ccc(CNC(=O)OC(C)(C)C)cc1. The van der Waals surface area contributed by atoms with Crippen molar-refractivity contribution in [2.24, 2.45) is 0 Å². The maximum atomic E-state index is 13.3. The minimum absolute atomic E-state index is 0.209. The van der Waals surface area contributed by atoms with E-state index in [1.54, 1.807) is 11.8 Å². The summed E-state index contributed by atoms with van der Waals surface area (Å²) in [4.78, 5) is 39.0. The van der Waals surface area contributed by atoms with Crippen molar-refractivity contribution < 1.29 is 23.9 Å². The number of alkyl carbamates (subject to hydrolysis) is 1. The highest BCUT2D eigenvalue weighted by atomic mass is 79.9. The number of rotatable bonds is 10. The molecule has 0 atom stereocenters. The number of esters is 1. The number of anilines is 3. The molecule has 0 radical (unpaired) electrons. The number of nitrogens with zero attached hydrogens (tertiary/aromatic N) is 1. The van der Waals surface area contributed by atoms with Gasteiger partial charge in [-0.2, -0.15) is 0 Å². The molecule has 3 rings (SSSR count). The van der Waals surface area contributed by atoms with Crippen molar-refractivity contribution in [1.82, 2.24) is 5.32 Å². The summed E-state index contributed by atoms with van der Waals surface area (Å²) >= 11 is 3.44. The number of nitrogens with one attached hydrogen (secondary N) is 2. The van der Waals surface area contributed by atoms with Crippen LogP contribution in [-0.2, 0) is 32.2 Å². The highest BCUT2D eigenvalue weighted by Crippen LogP contribution is 2.31. The average Bonchev–Trinajstić information content (AvgIpc) is 2.87. The number of para-hydroxylation sites is 2. The fourth-order valence-corrected chi connectivity index (χ4v) is 3.94. The van der Waals surface area contributed by atoms with Crippen LogP contribution in [0.4, 0.5) is 21.9 Å². The molecule has 39 heavy (non-hydrogen) atoms. The zero-order valence-corrected chi connectivity index (χ0v) is 24.2. The predicted molar refractivity (Wildman–Crippen MR) is 156 cm³/mol. The van der Waals surface area contributed by atoms with E-state index in [0.717, 1.165) is 21.3 Å². The molecule has 0 aliphatic heterocycles. The van der Waals surface area contributed by atoms with Crippen LogP contribution in [0.2, 0.25) is 0 Å². The zero-order valence-electron chi connectivity index (χ0n) is 22.6. The first-order chi connectivity index (χ1) is 18.5. The molecule has 2 N–H and O–H groups in total. The minimum Gasteiger partial charge on any atom is -0.466 e. The van der Waals surface area contributed by atoms with Gasteiger partial charge < -0.3 is 25.0 Å². The number of amides is 2. The highest BCUT2D eigenvalue weighted by molar-refractivity contribution is 9.10. The van der Waals surface area contributed by atoms with Crippen LogP contribution >= 0.6 is 15.9 Å². The number of benzene rings is 3. The Bertz CT molecular complexity index is 1270. The molecule has 0 saturated carbocycles. The summed E-state index contributed by atoms with van der Waals surface area (Å²) in [5.41, 5.74) is 3.38. The van der Waals surface area contributed by atoms with Crippen LogP contribution in [-0.4, -0.2) is 30.2 Å². The van der Waals surface area contributed by atoms with E-state index in [9.17, 15) is 14.4 Å². The molecule has 9 heteroatoms. The summed E-state index contributed by atoms with van der Waals surface area (Å²) in [7, 11) is 0. The third-order valence-corrected chi connectivity index (χ3v) is 5.95. The van der Waals surface area contributed by atoms with Gasteiger partial charge in [-0.05, 0) is 75.2 Å². The molecule has 3 aromatic rings. The van der Waals surface area contributed by atoms with Crippen molar-refractivity contribution in [2.45, 2.75) is 52.8 Å². The topological polar surface area (TPSA) is 97.0 Å². The lowest BCUT2D eigenvalue weighted by Gasteiger charge is -2.26. The molecule has 0 fully saturated rings. The summed E-state index contributed by atoms with van der Waals surface area (Å²) in [6, 6.07) is 22.7. The number of hydrogen-bond acceptors (Lipinski definition) is 6. The lowest BCUT2D eigenvalue weighted by Crippen LogP contribution is -2.33. The monoisotopic (exact) mass is 595 g/mol. The molecule has 8 nitrogen and oxygen atoms in total.